The topological polar surface area (TPSA) is 100 Å². The number of anilines is 1. The number of hydrazine groups is 1. The number of nitrogens with one attached hydrogen (secondary N) is 3. The molecule has 1 aliphatic rings. The molecule has 0 spiro atoms. The zero-order chi connectivity index (χ0) is 19.5. The van der Waals surface area contributed by atoms with Crippen LogP contribution in [0.4, 0.5) is 5.69 Å². The van der Waals surface area contributed by atoms with Gasteiger partial charge in [0.25, 0.3) is 11.8 Å². The molecule has 7 heteroatoms. The van der Waals surface area contributed by atoms with Gasteiger partial charge in [-0.15, -0.1) is 0 Å². The van der Waals surface area contributed by atoms with Gasteiger partial charge >= 0.3 is 0 Å². The molecule has 0 radical (unpaired) electrons. The smallest absolute Gasteiger partial charge is 0.288 e. The third-order valence-electron chi connectivity index (χ3n) is 4.48. The van der Waals surface area contributed by atoms with Crippen LogP contribution in [0.3, 0.4) is 0 Å². The van der Waals surface area contributed by atoms with Crippen LogP contribution in [0.1, 0.15) is 33.7 Å². The van der Waals surface area contributed by atoms with E-state index in [2.05, 4.69) is 21.2 Å². The standard InChI is InChI=1S/C21H18N4O3/c26-19(14-5-6-14)22-16-10-7-15(8-11-16)20(27)24-25-21(28)18-12-9-13-3-1-2-4-17(13)23-18/h1-4,7-12,14H,5-6H2,(H,22,26)(H,24,27)(H,25,28). The SMILES string of the molecule is O=C(NNC(=O)c1ccc2ccccc2n1)c1ccc(NC(=O)C2CC2)cc1. The molecule has 0 unspecified atom stereocenters. The van der Waals surface area contributed by atoms with Crippen LogP contribution in [0, 0.1) is 5.92 Å². The Kier molecular flexibility index (Phi) is 4.72. The van der Waals surface area contributed by atoms with Gasteiger partial charge in [0.05, 0.1) is 5.52 Å². The fraction of sp³-hybridized carbons (Fsp3) is 0.143. The summed E-state index contributed by atoms with van der Waals surface area (Å²) in [6.07, 6.45) is 1.86. The van der Waals surface area contributed by atoms with E-state index in [-0.39, 0.29) is 17.5 Å². The number of para-hydroxylation sites is 1. The maximum absolute atomic E-state index is 12.2. The first-order valence-corrected chi connectivity index (χ1v) is 8.97. The monoisotopic (exact) mass is 374 g/mol. The number of hydrogen-bond donors (Lipinski definition) is 3. The Bertz CT molecular complexity index is 1060. The molecule has 0 bridgehead atoms. The van der Waals surface area contributed by atoms with Crippen LogP contribution >= 0.6 is 0 Å². The van der Waals surface area contributed by atoms with Gasteiger partial charge in [0.15, 0.2) is 0 Å². The number of nitrogens with zero attached hydrogens (tertiary/aromatic N) is 1. The highest BCUT2D eigenvalue weighted by molar-refractivity contribution is 6.00. The van der Waals surface area contributed by atoms with Crippen molar-refractivity contribution in [3.8, 4) is 0 Å². The Morgan fingerprint density at radius 1 is 0.821 bits per heavy atom. The predicted octanol–water partition coefficient (Wildman–Crippen LogP) is 2.66. The molecule has 1 fully saturated rings. The van der Waals surface area contributed by atoms with E-state index in [9.17, 15) is 14.4 Å². The van der Waals surface area contributed by atoms with E-state index in [1.807, 2.05) is 24.3 Å². The minimum absolute atomic E-state index is 0.00681. The minimum atomic E-state index is -0.507. The maximum atomic E-state index is 12.2. The molecule has 1 heterocycles. The van der Waals surface area contributed by atoms with Crippen LogP contribution in [0.25, 0.3) is 10.9 Å². The van der Waals surface area contributed by atoms with Crippen molar-refractivity contribution in [3.05, 3.63) is 71.9 Å². The van der Waals surface area contributed by atoms with E-state index in [0.29, 0.717) is 16.8 Å². The lowest BCUT2D eigenvalue weighted by Gasteiger charge is -2.09. The van der Waals surface area contributed by atoms with Crippen LogP contribution < -0.4 is 16.2 Å². The summed E-state index contributed by atoms with van der Waals surface area (Å²) in [5, 5.41) is 3.74. The lowest BCUT2D eigenvalue weighted by molar-refractivity contribution is -0.117. The van der Waals surface area contributed by atoms with Gasteiger partial charge in [0, 0.05) is 22.6 Å². The first-order chi connectivity index (χ1) is 13.6. The van der Waals surface area contributed by atoms with E-state index >= 15 is 0 Å². The lowest BCUT2D eigenvalue weighted by Crippen LogP contribution is -2.41. The number of rotatable bonds is 4. The molecule has 4 rings (SSSR count). The van der Waals surface area contributed by atoms with E-state index in [4.69, 9.17) is 0 Å². The Morgan fingerprint density at radius 2 is 1.54 bits per heavy atom. The second kappa shape index (κ2) is 7.48. The summed E-state index contributed by atoms with van der Waals surface area (Å²) in [5.74, 6) is -0.851. The molecule has 140 valence electrons. The van der Waals surface area contributed by atoms with Gasteiger partial charge in [0.1, 0.15) is 5.69 Å². The average Bonchev–Trinajstić information content (AvgIpc) is 3.57. The molecule has 0 atom stereocenters. The fourth-order valence-electron chi connectivity index (χ4n) is 2.74. The number of carbonyl (C=O) groups excluding carboxylic acids is 3. The highest BCUT2D eigenvalue weighted by Crippen LogP contribution is 2.30. The molecule has 0 saturated heterocycles. The molecule has 1 aliphatic carbocycles. The second-order valence-electron chi connectivity index (χ2n) is 6.64. The highest BCUT2D eigenvalue weighted by atomic mass is 16.2. The number of hydrogen-bond acceptors (Lipinski definition) is 4. The number of aromatic nitrogens is 1. The predicted molar refractivity (Wildman–Crippen MR) is 104 cm³/mol. The minimum Gasteiger partial charge on any atom is -0.326 e. The summed E-state index contributed by atoms with van der Waals surface area (Å²) in [4.78, 5) is 40.5. The first-order valence-electron chi connectivity index (χ1n) is 8.97. The highest BCUT2D eigenvalue weighted by Gasteiger charge is 2.29. The van der Waals surface area contributed by atoms with Crippen molar-refractivity contribution in [1.29, 1.82) is 0 Å². The first kappa shape index (κ1) is 17.7. The van der Waals surface area contributed by atoms with Gasteiger partial charge in [-0.2, -0.15) is 0 Å². The Morgan fingerprint density at radius 3 is 2.29 bits per heavy atom. The van der Waals surface area contributed by atoms with Crippen molar-refractivity contribution in [1.82, 2.24) is 15.8 Å². The molecule has 1 saturated carbocycles. The zero-order valence-corrected chi connectivity index (χ0v) is 14.9. The largest absolute Gasteiger partial charge is 0.326 e. The number of benzene rings is 2. The lowest BCUT2D eigenvalue weighted by atomic mass is 10.2. The molecule has 0 aliphatic heterocycles. The molecular weight excluding hydrogens is 356 g/mol. The van der Waals surface area contributed by atoms with Gasteiger partial charge in [-0.25, -0.2) is 4.98 Å². The number of amides is 3. The van der Waals surface area contributed by atoms with Crippen molar-refractivity contribution in [2.45, 2.75) is 12.8 Å². The molecular formula is C21H18N4O3. The van der Waals surface area contributed by atoms with E-state index in [1.54, 1.807) is 36.4 Å². The molecule has 3 aromatic rings. The number of carbonyl (C=O) groups is 3. The average molecular weight is 374 g/mol. The van der Waals surface area contributed by atoms with Crippen LogP contribution in [0.5, 0.6) is 0 Å². The summed E-state index contributed by atoms with van der Waals surface area (Å²) < 4.78 is 0. The summed E-state index contributed by atoms with van der Waals surface area (Å²) in [5.41, 5.74) is 6.63. The molecule has 28 heavy (non-hydrogen) atoms. The van der Waals surface area contributed by atoms with Crippen molar-refractivity contribution in [2.75, 3.05) is 5.32 Å². The third kappa shape index (κ3) is 3.98. The quantitative estimate of drug-likeness (QED) is 0.611. The summed E-state index contributed by atoms with van der Waals surface area (Å²) in [7, 11) is 0. The van der Waals surface area contributed by atoms with Crippen molar-refractivity contribution in [2.24, 2.45) is 5.92 Å². The van der Waals surface area contributed by atoms with E-state index in [0.717, 1.165) is 18.2 Å². The zero-order valence-electron chi connectivity index (χ0n) is 14.9. The molecule has 1 aromatic heterocycles. The van der Waals surface area contributed by atoms with E-state index in [1.165, 1.54) is 0 Å². The summed E-state index contributed by atoms with van der Waals surface area (Å²) in [6, 6.07) is 17.3. The van der Waals surface area contributed by atoms with Gasteiger partial charge in [-0.3, -0.25) is 25.2 Å². The van der Waals surface area contributed by atoms with Crippen LogP contribution in [0.2, 0.25) is 0 Å². The van der Waals surface area contributed by atoms with Gasteiger partial charge in [-0.05, 0) is 49.2 Å². The van der Waals surface area contributed by atoms with Crippen LogP contribution in [0.15, 0.2) is 60.7 Å². The Balaban J connectivity index is 1.35. The van der Waals surface area contributed by atoms with Gasteiger partial charge in [0.2, 0.25) is 5.91 Å². The van der Waals surface area contributed by atoms with Crippen LogP contribution in [-0.2, 0) is 4.79 Å². The second-order valence-corrected chi connectivity index (χ2v) is 6.64. The van der Waals surface area contributed by atoms with Crippen molar-refractivity contribution < 1.29 is 14.4 Å². The molecule has 3 N–H and O–H groups in total. The number of fused-ring (bicyclic) bond motifs is 1. The Labute approximate surface area is 161 Å². The maximum Gasteiger partial charge on any atom is 0.288 e. The summed E-state index contributed by atoms with van der Waals surface area (Å²) in [6.45, 7) is 0. The van der Waals surface area contributed by atoms with E-state index < -0.39 is 11.8 Å². The van der Waals surface area contributed by atoms with Crippen molar-refractivity contribution >= 4 is 34.3 Å². The summed E-state index contributed by atoms with van der Waals surface area (Å²) >= 11 is 0. The number of pyridine rings is 1. The normalized spacial score (nSPS) is 13.0. The Hall–Kier alpha value is -3.74. The van der Waals surface area contributed by atoms with Gasteiger partial charge < -0.3 is 5.32 Å². The van der Waals surface area contributed by atoms with Crippen molar-refractivity contribution in [3.63, 3.8) is 0 Å². The molecule has 3 amide bonds. The molecule has 2 aromatic carbocycles. The van der Waals surface area contributed by atoms with Gasteiger partial charge in [-0.1, -0.05) is 24.3 Å². The van der Waals surface area contributed by atoms with Crippen LogP contribution in [-0.4, -0.2) is 22.7 Å². The third-order valence-corrected chi connectivity index (χ3v) is 4.48. The molecule has 7 nitrogen and oxygen atoms in total. The fourth-order valence-corrected chi connectivity index (χ4v) is 2.74.